The molecule has 3 heteroatoms. The van der Waals surface area contributed by atoms with Crippen molar-refractivity contribution >= 4 is 5.78 Å². The third-order valence-electron chi connectivity index (χ3n) is 4.86. The highest BCUT2D eigenvalue weighted by atomic mass is 16.1. The van der Waals surface area contributed by atoms with Crippen molar-refractivity contribution in [3.63, 3.8) is 0 Å². The van der Waals surface area contributed by atoms with E-state index in [0.29, 0.717) is 11.7 Å². The maximum Gasteiger partial charge on any atom is 0.149 e. The third kappa shape index (κ3) is 2.55. The first kappa shape index (κ1) is 11.7. The van der Waals surface area contributed by atoms with Gasteiger partial charge in [-0.25, -0.2) is 0 Å². The lowest BCUT2D eigenvalue weighted by Crippen LogP contribution is -2.51. The first-order valence-corrected chi connectivity index (χ1v) is 7.32. The van der Waals surface area contributed by atoms with Gasteiger partial charge in [-0.05, 0) is 32.2 Å². The Morgan fingerprint density at radius 3 is 2.65 bits per heavy atom. The number of carbonyl (C=O) groups is 1. The highest BCUT2D eigenvalue weighted by molar-refractivity contribution is 5.83. The molecular weight excluding hydrogens is 212 g/mol. The van der Waals surface area contributed by atoms with Crippen LogP contribution >= 0.6 is 0 Å². The molecule has 0 N–H and O–H groups in total. The minimum Gasteiger partial charge on any atom is -0.298 e. The maximum absolute atomic E-state index is 12.2. The SMILES string of the molecule is O=C(CN1CCN2CCCC2C1)C1CCCC1. The van der Waals surface area contributed by atoms with Crippen LogP contribution < -0.4 is 0 Å². The first-order valence-electron chi connectivity index (χ1n) is 7.32. The number of ketones is 1. The third-order valence-corrected chi connectivity index (χ3v) is 4.86. The van der Waals surface area contributed by atoms with Crippen LogP contribution in [0.1, 0.15) is 38.5 Å². The molecule has 3 rings (SSSR count). The van der Waals surface area contributed by atoms with Gasteiger partial charge >= 0.3 is 0 Å². The van der Waals surface area contributed by atoms with E-state index in [1.165, 1.54) is 38.8 Å². The predicted octanol–water partition coefficient (Wildman–Crippen LogP) is 1.53. The van der Waals surface area contributed by atoms with Gasteiger partial charge in [0.1, 0.15) is 5.78 Å². The van der Waals surface area contributed by atoms with Crippen molar-refractivity contribution in [2.75, 3.05) is 32.7 Å². The van der Waals surface area contributed by atoms with E-state index in [4.69, 9.17) is 0 Å². The summed E-state index contributed by atoms with van der Waals surface area (Å²) >= 11 is 0. The highest BCUT2D eigenvalue weighted by Crippen LogP contribution is 2.26. The molecule has 0 aromatic rings. The van der Waals surface area contributed by atoms with Crippen molar-refractivity contribution < 1.29 is 4.79 Å². The Kier molecular flexibility index (Phi) is 3.48. The van der Waals surface area contributed by atoms with Crippen molar-refractivity contribution in [2.24, 2.45) is 5.92 Å². The fraction of sp³-hybridized carbons (Fsp3) is 0.929. The number of rotatable bonds is 3. The van der Waals surface area contributed by atoms with Gasteiger partial charge in [-0.15, -0.1) is 0 Å². The summed E-state index contributed by atoms with van der Waals surface area (Å²) < 4.78 is 0. The number of hydrogen-bond acceptors (Lipinski definition) is 3. The average molecular weight is 236 g/mol. The van der Waals surface area contributed by atoms with Crippen LogP contribution in [-0.4, -0.2) is 54.3 Å². The highest BCUT2D eigenvalue weighted by Gasteiger charge is 2.32. The van der Waals surface area contributed by atoms with E-state index in [1.54, 1.807) is 0 Å². The minimum atomic E-state index is 0.400. The van der Waals surface area contributed by atoms with Crippen LogP contribution in [0.3, 0.4) is 0 Å². The Hall–Kier alpha value is -0.410. The Labute approximate surface area is 104 Å². The molecule has 17 heavy (non-hydrogen) atoms. The lowest BCUT2D eigenvalue weighted by atomic mass is 10.0. The molecule has 2 aliphatic heterocycles. The van der Waals surface area contributed by atoms with E-state index < -0.39 is 0 Å². The number of nitrogens with zero attached hydrogens (tertiary/aromatic N) is 2. The summed E-state index contributed by atoms with van der Waals surface area (Å²) in [6, 6.07) is 0.750. The monoisotopic (exact) mass is 236 g/mol. The summed E-state index contributed by atoms with van der Waals surface area (Å²) in [6.45, 7) is 5.44. The second-order valence-corrected chi connectivity index (χ2v) is 6.01. The van der Waals surface area contributed by atoms with Crippen LogP contribution in [-0.2, 0) is 4.79 Å². The van der Waals surface area contributed by atoms with E-state index in [1.807, 2.05) is 0 Å². The summed E-state index contributed by atoms with van der Waals surface area (Å²) in [6.07, 6.45) is 7.55. The largest absolute Gasteiger partial charge is 0.298 e. The summed E-state index contributed by atoms with van der Waals surface area (Å²) in [4.78, 5) is 17.2. The van der Waals surface area contributed by atoms with Crippen molar-refractivity contribution in [3.05, 3.63) is 0 Å². The topological polar surface area (TPSA) is 23.6 Å². The molecule has 1 saturated carbocycles. The molecule has 0 amide bonds. The molecule has 0 aromatic heterocycles. The van der Waals surface area contributed by atoms with Gasteiger partial charge in [0.15, 0.2) is 0 Å². The first-order chi connectivity index (χ1) is 8.33. The molecule has 0 radical (unpaired) electrons. The number of fused-ring (bicyclic) bond motifs is 1. The van der Waals surface area contributed by atoms with Crippen LogP contribution in [0.15, 0.2) is 0 Å². The van der Waals surface area contributed by atoms with Gasteiger partial charge in [-0.2, -0.15) is 0 Å². The normalized spacial score (nSPS) is 31.9. The molecule has 3 nitrogen and oxygen atoms in total. The molecule has 0 bridgehead atoms. The molecule has 3 aliphatic rings. The fourth-order valence-electron chi connectivity index (χ4n) is 3.80. The standard InChI is InChI=1S/C14H24N2O/c17-14(12-4-1-2-5-12)11-15-8-9-16-7-3-6-13(16)10-15/h12-13H,1-11H2. The molecule has 2 saturated heterocycles. The number of piperazine rings is 1. The Balaban J connectivity index is 1.50. The molecule has 96 valence electrons. The van der Waals surface area contributed by atoms with Crippen molar-refractivity contribution in [3.8, 4) is 0 Å². The molecule has 1 aliphatic carbocycles. The molecule has 1 unspecified atom stereocenters. The Morgan fingerprint density at radius 1 is 1.00 bits per heavy atom. The van der Waals surface area contributed by atoms with Crippen molar-refractivity contribution in [1.29, 1.82) is 0 Å². The summed E-state index contributed by atoms with van der Waals surface area (Å²) in [5, 5.41) is 0. The van der Waals surface area contributed by atoms with Gasteiger partial charge in [-0.1, -0.05) is 12.8 Å². The molecule has 3 fully saturated rings. The van der Waals surface area contributed by atoms with E-state index in [-0.39, 0.29) is 0 Å². The molecule has 2 heterocycles. The summed E-state index contributed by atoms with van der Waals surface area (Å²) in [7, 11) is 0. The van der Waals surface area contributed by atoms with Crippen LogP contribution in [0.25, 0.3) is 0 Å². The molecular formula is C14H24N2O. The number of carbonyl (C=O) groups excluding carboxylic acids is 1. The minimum absolute atomic E-state index is 0.400. The number of hydrogen-bond donors (Lipinski definition) is 0. The fourth-order valence-corrected chi connectivity index (χ4v) is 3.80. The number of Topliss-reactive ketones (excluding diaryl/α,β-unsaturated/α-hetero) is 1. The van der Waals surface area contributed by atoms with Gasteiger partial charge in [0, 0.05) is 31.6 Å². The average Bonchev–Trinajstić information content (AvgIpc) is 2.99. The lowest BCUT2D eigenvalue weighted by molar-refractivity contribution is -0.124. The molecule has 0 aromatic carbocycles. The summed E-state index contributed by atoms with van der Waals surface area (Å²) in [5.41, 5.74) is 0. The van der Waals surface area contributed by atoms with E-state index in [2.05, 4.69) is 9.80 Å². The van der Waals surface area contributed by atoms with Gasteiger partial charge in [0.05, 0.1) is 6.54 Å². The second-order valence-electron chi connectivity index (χ2n) is 6.01. The van der Waals surface area contributed by atoms with Crippen LogP contribution in [0.4, 0.5) is 0 Å². The zero-order chi connectivity index (χ0) is 11.7. The van der Waals surface area contributed by atoms with Crippen molar-refractivity contribution in [2.45, 2.75) is 44.6 Å². The second kappa shape index (κ2) is 5.07. The van der Waals surface area contributed by atoms with Gasteiger partial charge in [0.2, 0.25) is 0 Å². The van der Waals surface area contributed by atoms with Crippen LogP contribution in [0, 0.1) is 5.92 Å². The van der Waals surface area contributed by atoms with Gasteiger partial charge < -0.3 is 0 Å². The predicted molar refractivity (Wildman–Crippen MR) is 68.0 cm³/mol. The Bertz CT molecular complexity index is 286. The Morgan fingerprint density at radius 2 is 1.82 bits per heavy atom. The van der Waals surface area contributed by atoms with Gasteiger partial charge in [0.25, 0.3) is 0 Å². The zero-order valence-corrected chi connectivity index (χ0v) is 10.7. The lowest BCUT2D eigenvalue weighted by Gasteiger charge is -2.37. The molecule has 1 atom stereocenters. The quantitative estimate of drug-likeness (QED) is 0.742. The van der Waals surface area contributed by atoms with E-state index in [0.717, 1.165) is 38.5 Å². The van der Waals surface area contributed by atoms with Crippen molar-refractivity contribution in [1.82, 2.24) is 9.80 Å². The maximum atomic E-state index is 12.2. The smallest absolute Gasteiger partial charge is 0.149 e. The van der Waals surface area contributed by atoms with E-state index >= 15 is 0 Å². The summed E-state index contributed by atoms with van der Waals surface area (Å²) in [5.74, 6) is 0.922. The van der Waals surface area contributed by atoms with Crippen LogP contribution in [0.5, 0.6) is 0 Å². The zero-order valence-electron chi connectivity index (χ0n) is 10.7. The van der Waals surface area contributed by atoms with Gasteiger partial charge in [-0.3, -0.25) is 14.6 Å². The van der Waals surface area contributed by atoms with Crippen LogP contribution in [0.2, 0.25) is 0 Å². The molecule has 0 spiro atoms. The van der Waals surface area contributed by atoms with E-state index in [9.17, 15) is 4.79 Å².